The van der Waals surface area contributed by atoms with E-state index in [9.17, 15) is 4.79 Å². The fourth-order valence-corrected chi connectivity index (χ4v) is 3.68. The van der Waals surface area contributed by atoms with Crippen molar-refractivity contribution in [2.45, 2.75) is 26.5 Å². The lowest BCUT2D eigenvalue weighted by Crippen LogP contribution is -2.12. The number of carbonyl (C=O) groups excluding carboxylic acids is 1. The molecule has 0 aliphatic heterocycles. The maximum atomic E-state index is 12.9. The fraction of sp³-hybridized carbons (Fsp3) is 0.278. The van der Waals surface area contributed by atoms with Crippen molar-refractivity contribution in [3.8, 4) is 0 Å². The van der Waals surface area contributed by atoms with E-state index in [1.807, 2.05) is 41.9 Å². The van der Waals surface area contributed by atoms with Crippen molar-refractivity contribution in [3.05, 3.63) is 57.9 Å². The Balaban J connectivity index is 2.27. The fourth-order valence-electron chi connectivity index (χ4n) is 3.04. The minimum Gasteiger partial charge on any atom is -0.361 e. The van der Waals surface area contributed by atoms with E-state index in [0.29, 0.717) is 0 Å². The molecule has 0 bridgehead atoms. The van der Waals surface area contributed by atoms with Gasteiger partial charge >= 0.3 is 0 Å². The summed E-state index contributed by atoms with van der Waals surface area (Å²) in [6.45, 7) is 4.09. The summed E-state index contributed by atoms with van der Waals surface area (Å²) in [7, 11) is 1.71. The van der Waals surface area contributed by atoms with Crippen molar-refractivity contribution in [1.29, 1.82) is 0 Å². The molecule has 0 aliphatic carbocycles. The van der Waals surface area contributed by atoms with Crippen molar-refractivity contribution >= 4 is 28.0 Å². The Kier molecular flexibility index (Phi) is 4.14. The second-order valence-electron chi connectivity index (χ2n) is 5.29. The maximum absolute atomic E-state index is 12.9. The molecule has 2 aromatic heterocycles. The van der Waals surface area contributed by atoms with Crippen LogP contribution in [0.2, 0.25) is 0 Å². The van der Waals surface area contributed by atoms with Crippen LogP contribution in [0, 0.1) is 6.92 Å². The minimum absolute atomic E-state index is 0.0612. The average molecular weight is 313 g/mol. The number of para-hydroxylation sites is 1. The summed E-state index contributed by atoms with van der Waals surface area (Å²) in [5.41, 5.74) is 3.55. The molecule has 22 heavy (non-hydrogen) atoms. The zero-order chi connectivity index (χ0) is 15.7. The molecule has 0 saturated carbocycles. The second kappa shape index (κ2) is 6.07. The van der Waals surface area contributed by atoms with E-state index in [2.05, 4.69) is 17.6 Å². The van der Waals surface area contributed by atoms with E-state index in [-0.39, 0.29) is 12.0 Å². The highest BCUT2D eigenvalue weighted by atomic mass is 32.1. The first-order valence-corrected chi connectivity index (χ1v) is 8.32. The van der Waals surface area contributed by atoms with Crippen molar-refractivity contribution in [1.82, 2.24) is 4.57 Å². The van der Waals surface area contributed by atoms with Gasteiger partial charge in [0.2, 0.25) is 0 Å². The molecule has 2 heterocycles. The zero-order valence-corrected chi connectivity index (χ0v) is 13.8. The summed E-state index contributed by atoms with van der Waals surface area (Å²) in [6.07, 6.45) is 0.788. The lowest BCUT2D eigenvalue weighted by Gasteiger charge is -2.19. The van der Waals surface area contributed by atoms with Gasteiger partial charge in [-0.15, -0.1) is 0 Å². The number of aromatic nitrogens is 1. The molecule has 0 amide bonds. The van der Waals surface area contributed by atoms with Crippen molar-refractivity contribution < 1.29 is 9.53 Å². The standard InChI is InChI=1S/C18H19NO2S/c1-4-16(21-3)19-12(2)17(14-7-5-6-8-15(14)19)18(20)13-9-10-22-11-13/h5-11,16H,4H2,1-3H3. The summed E-state index contributed by atoms with van der Waals surface area (Å²) in [5, 5.41) is 4.83. The first-order valence-electron chi connectivity index (χ1n) is 7.38. The monoisotopic (exact) mass is 313 g/mol. The largest absolute Gasteiger partial charge is 0.361 e. The number of rotatable bonds is 5. The van der Waals surface area contributed by atoms with Gasteiger partial charge < -0.3 is 9.30 Å². The molecule has 0 aliphatic rings. The van der Waals surface area contributed by atoms with Gasteiger partial charge in [0.05, 0.1) is 11.1 Å². The van der Waals surface area contributed by atoms with Crippen LogP contribution in [0.25, 0.3) is 10.9 Å². The number of benzene rings is 1. The number of ketones is 1. The SMILES string of the molecule is CCC(OC)n1c(C)c(C(=O)c2ccsc2)c2ccccc21. The molecule has 0 N–H and O–H groups in total. The van der Waals surface area contributed by atoms with Crippen LogP contribution in [0.15, 0.2) is 41.1 Å². The highest BCUT2D eigenvalue weighted by Gasteiger charge is 2.23. The predicted octanol–water partition coefficient (Wildman–Crippen LogP) is 4.80. The molecular formula is C18H19NO2S. The lowest BCUT2D eigenvalue weighted by atomic mass is 10.0. The van der Waals surface area contributed by atoms with Crippen LogP contribution in [-0.2, 0) is 4.74 Å². The number of hydrogen-bond donors (Lipinski definition) is 0. The normalized spacial score (nSPS) is 12.7. The molecule has 4 heteroatoms. The molecule has 3 nitrogen and oxygen atoms in total. The Bertz CT molecular complexity index is 798. The summed E-state index contributed by atoms with van der Waals surface area (Å²) >= 11 is 1.54. The summed E-state index contributed by atoms with van der Waals surface area (Å²) in [4.78, 5) is 12.9. The van der Waals surface area contributed by atoms with Gasteiger partial charge in [-0.25, -0.2) is 0 Å². The first-order chi connectivity index (χ1) is 10.7. The molecule has 1 unspecified atom stereocenters. The van der Waals surface area contributed by atoms with E-state index in [0.717, 1.165) is 34.1 Å². The number of thiophene rings is 1. The number of ether oxygens (including phenoxy) is 1. The molecule has 0 radical (unpaired) electrons. The van der Waals surface area contributed by atoms with Crippen LogP contribution in [0.5, 0.6) is 0 Å². The van der Waals surface area contributed by atoms with Crippen LogP contribution in [0.4, 0.5) is 0 Å². The van der Waals surface area contributed by atoms with E-state index in [1.54, 1.807) is 18.4 Å². The highest BCUT2D eigenvalue weighted by molar-refractivity contribution is 7.08. The van der Waals surface area contributed by atoms with Gasteiger partial charge in [0.15, 0.2) is 5.78 Å². The molecule has 1 aromatic carbocycles. The van der Waals surface area contributed by atoms with Crippen molar-refractivity contribution in [2.24, 2.45) is 0 Å². The van der Waals surface area contributed by atoms with E-state index < -0.39 is 0 Å². The summed E-state index contributed by atoms with van der Waals surface area (Å²) in [5.74, 6) is 0.0830. The number of methoxy groups -OCH3 is 1. The van der Waals surface area contributed by atoms with Crippen LogP contribution < -0.4 is 0 Å². The van der Waals surface area contributed by atoms with Crippen LogP contribution in [0.3, 0.4) is 0 Å². The molecular weight excluding hydrogens is 294 g/mol. The molecule has 114 valence electrons. The average Bonchev–Trinajstić information content (AvgIpc) is 3.15. The smallest absolute Gasteiger partial charge is 0.196 e. The third-order valence-electron chi connectivity index (χ3n) is 4.08. The van der Waals surface area contributed by atoms with Gasteiger partial charge in [-0.3, -0.25) is 4.79 Å². The van der Waals surface area contributed by atoms with Crippen LogP contribution in [-0.4, -0.2) is 17.5 Å². The Morgan fingerprint density at radius 3 is 2.73 bits per heavy atom. The van der Waals surface area contributed by atoms with Gasteiger partial charge in [0, 0.05) is 29.1 Å². The van der Waals surface area contributed by atoms with Gasteiger partial charge in [-0.2, -0.15) is 11.3 Å². The third kappa shape index (κ3) is 2.28. The molecule has 3 aromatic rings. The van der Waals surface area contributed by atoms with Crippen LogP contribution >= 0.6 is 11.3 Å². The van der Waals surface area contributed by atoms with Gasteiger partial charge in [-0.1, -0.05) is 25.1 Å². The molecule has 0 fully saturated rings. The Morgan fingerprint density at radius 1 is 1.32 bits per heavy atom. The van der Waals surface area contributed by atoms with Gasteiger partial charge in [0.25, 0.3) is 0 Å². The molecule has 0 spiro atoms. The van der Waals surface area contributed by atoms with Crippen LogP contribution in [0.1, 0.15) is 41.2 Å². The lowest BCUT2D eigenvalue weighted by molar-refractivity contribution is 0.0432. The quantitative estimate of drug-likeness (QED) is 0.634. The molecule has 0 saturated heterocycles. The topological polar surface area (TPSA) is 31.2 Å². The second-order valence-corrected chi connectivity index (χ2v) is 6.07. The molecule has 1 atom stereocenters. The van der Waals surface area contributed by atoms with Gasteiger partial charge in [0.1, 0.15) is 6.23 Å². The number of nitrogens with zero attached hydrogens (tertiary/aromatic N) is 1. The molecule has 3 rings (SSSR count). The Hall–Kier alpha value is -1.91. The van der Waals surface area contributed by atoms with Gasteiger partial charge in [-0.05, 0) is 30.9 Å². The highest BCUT2D eigenvalue weighted by Crippen LogP contribution is 2.32. The van der Waals surface area contributed by atoms with Crippen molar-refractivity contribution in [3.63, 3.8) is 0 Å². The minimum atomic E-state index is -0.0612. The van der Waals surface area contributed by atoms with E-state index in [4.69, 9.17) is 4.74 Å². The zero-order valence-electron chi connectivity index (χ0n) is 13.0. The predicted molar refractivity (Wildman–Crippen MR) is 90.8 cm³/mol. The number of hydrogen-bond acceptors (Lipinski definition) is 3. The summed E-state index contributed by atoms with van der Waals surface area (Å²) in [6, 6.07) is 9.92. The maximum Gasteiger partial charge on any atom is 0.196 e. The van der Waals surface area contributed by atoms with Crippen molar-refractivity contribution in [2.75, 3.05) is 7.11 Å². The summed E-state index contributed by atoms with van der Waals surface area (Å²) < 4.78 is 7.75. The number of carbonyl (C=O) groups is 1. The Morgan fingerprint density at radius 2 is 2.09 bits per heavy atom. The van der Waals surface area contributed by atoms with E-state index >= 15 is 0 Å². The first kappa shape index (κ1) is 15.0. The Labute approximate surface area is 134 Å². The number of fused-ring (bicyclic) bond motifs is 1. The van der Waals surface area contributed by atoms with E-state index in [1.165, 1.54) is 0 Å². The third-order valence-corrected chi connectivity index (χ3v) is 4.76.